The van der Waals surface area contributed by atoms with Gasteiger partial charge in [0.1, 0.15) is 0 Å². The van der Waals surface area contributed by atoms with Crippen LogP contribution in [0.2, 0.25) is 0 Å². The first-order valence-electron chi connectivity index (χ1n) is 3.81. The first-order chi connectivity index (χ1) is 6.47. The quantitative estimate of drug-likeness (QED) is 0.651. The largest absolute Gasteiger partial charge is 0.294 e. The number of fused-ring (bicyclic) bond motifs is 1. The zero-order valence-corrected chi connectivity index (χ0v) is 13.6. The predicted molar refractivity (Wildman–Crippen MR) is 54.2 cm³/mol. The average molecular weight is 467 g/mol. The van der Waals surface area contributed by atoms with Gasteiger partial charge in [0.15, 0.2) is 0 Å². The molecule has 0 saturated heterocycles. The molecule has 0 aliphatic rings. The number of aryl methyl sites for hydroxylation is 1. The zero-order valence-electron chi connectivity index (χ0n) is 7.76. The Labute approximate surface area is 115 Å². The first-order valence-corrected chi connectivity index (χ1v) is 6.07. The molecular weight excluding hydrogens is 460 g/mol. The van der Waals surface area contributed by atoms with E-state index >= 15 is 0 Å². The van der Waals surface area contributed by atoms with Crippen LogP contribution < -0.4 is 0 Å². The molecule has 0 spiro atoms. The van der Waals surface area contributed by atoms with E-state index < -0.39 is 10.1 Å². The van der Waals surface area contributed by atoms with Crippen molar-refractivity contribution in [3.63, 3.8) is 0 Å². The molecule has 4 nitrogen and oxygen atoms in total. The van der Waals surface area contributed by atoms with Gasteiger partial charge in [0.25, 0.3) is 10.1 Å². The monoisotopic (exact) mass is 467 g/mol. The second-order valence-electron chi connectivity index (χ2n) is 2.84. The van der Waals surface area contributed by atoms with Crippen molar-refractivity contribution in [3.8, 4) is 0 Å². The summed E-state index contributed by atoms with van der Waals surface area (Å²) in [7, 11) is -4.11. The molecule has 1 N–H and O–H groups in total. The molecule has 1 aromatic carbocycles. The van der Waals surface area contributed by atoms with E-state index in [0.717, 1.165) is 15.2 Å². The molecule has 0 aliphatic heterocycles. The summed E-state index contributed by atoms with van der Waals surface area (Å²) in [4.78, 5) is 4.09. The summed E-state index contributed by atoms with van der Waals surface area (Å²) in [6, 6.07) is 4.36. The van der Waals surface area contributed by atoms with Crippen LogP contribution in [0.3, 0.4) is 0 Å². The fourth-order valence-electron chi connectivity index (χ4n) is 1.18. The van der Waals surface area contributed by atoms with Gasteiger partial charge in [-0.15, -0.1) is 11.3 Å². The van der Waals surface area contributed by atoms with Crippen molar-refractivity contribution in [2.24, 2.45) is 0 Å². The third-order valence-electron chi connectivity index (χ3n) is 1.76. The van der Waals surface area contributed by atoms with Gasteiger partial charge in [-0.05, 0) is 25.1 Å². The number of benzene rings is 1. The fourth-order valence-corrected chi connectivity index (χ4v) is 2.63. The standard InChI is InChI=1S/C8H7NO3S2.U/c1-5-9-7-3-2-6(14(10,11)12)4-8(7)13-5;/h2-4H,1H3,(H,10,11,12);. The van der Waals surface area contributed by atoms with Crippen molar-refractivity contribution in [1.82, 2.24) is 4.98 Å². The molecule has 0 aliphatic carbocycles. The number of hydrogen-bond donors (Lipinski definition) is 1. The smallest absolute Gasteiger partial charge is 0.282 e. The zero-order chi connectivity index (χ0) is 10.3. The van der Waals surface area contributed by atoms with Gasteiger partial charge in [0.2, 0.25) is 0 Å². The Morgan fingerprint density at radius 3 is 2.67 bits per heavy atom. The second-order valence-corrected chi connectivity index (χ2v) is 5.49. The SMILES string of the molecule is Cc1nc2ccc(S(=O)(=O)O)cc2s1.[U]. The van der Waals surface area contributed by atoms with E-state index in [1.807, 2.05) is 6.92 Å². The molecule has 15 heavy (non-hydrogen) atoms. The van der Waals surface area contributed by atoms with E-state index in [1.54, 1.807) is 6.07 Å². The Morgan fingerprint density at radius 2 is 2.07 bits per heavy atom. The molecule has 0 amide bonds. The van der Waals surface area contributed by atoms with E-state index in [0.29, 0.717) is 0 Å². The van der Waals surface area contributed by atoms with Crippen molar-refractivity contribution in [2.45, 2.75) is 11.8 Å². The van der Waals surface area contributed by atoms with Gasteiger partial charge in [-0.1, -0.05) is 0 Å². The maximum atomic E-state index is 10.8. The molecule has 1 heterocycles. The van der Waals surface area contributed by atoms with Crippen molar-refractivity contribution in [1.29, 1.82) is 0 Å². The summed E-state index contributed by atoms with van der Waals surface area (Å²) < 4.78 is 31.2. The van der Waals surface area contributed by atoms with Gasteiger partial charge in [-0.2, -0.15) is 8.42 Å². The molecule has 2 aromatic rings. The van der Waals surface area contributed by atoms with Gasteiger partial charge in [-0.25, -0.2) is 4.98 Å². The van der Waals surface area contributed by atoms with Crippen LogP contribution in [0.25, 0.3) is 10.2 Å². The number of aromatic nitrogens is 1. The number of hydrogen-bond acceptors (Lipinski definition) is 4. The van der Waals surface area contributed by atoms with Gasteiger partial charge in [0.05, 0.1) is 20.1 Å². The van der Waals surface area contributed by atoms with Crippen LogP contribution >= 0.6 is 11.3 Å². The molecule has 0 atom stereocenters. The van der Waals surface area contributed by atoms with Crippen LogP contribution in [-0.4, -0.2) is 18.0 Å². The summed E-state index contributed by atoms with van der Waals surface area (Å²) >= 11 is 1.40. The minimum absolute atomic E-state index is 0. The Balaban J connectivity index is 0.00000112. The maximum Gasteiger partial charge on any atom is 0.294 e. The molecule has 0 fully saturated rings. The average Bonchev–Trinajstić information content (AvgIpc) is 2.41. The Hall–Kier alpha value is 0.0719. The van der Waals surface area contributed by atoms with E-state index in [-0.39, 0.29) is 36.0 Å². The molecule has 0 saturated carbocycles. The van der Waals surface area contributed by atoms with Gasteiger partial charge in [-0.3, -0.25) is 4.55 Å². The van der Waals surface area contributed by atoms with E-state index in [2.05, 4.69) is 4.98 Å². The number of nitrogens with zero attached hydrogens (tertiary/aromatic N) is 1. The third kappa shape index (κ3) is 2.80. The summed E-state index contributed by atoms with van der Waals surface area (Å²) in [5.41, 5.74) is 0.750. The second kappa shape index (κ2) is 4.52. The molecule has 0 unspecified atom stereocenters. The molecule has 1 aromatic heterocycles. The molecular formula is C8H7NO3S2U. The molecule has 78 valence electrons. The van der Waals surface area contributed by atoms with Crippen molar-refractivity contribution in [3.05, 3.63) is 23.2 Å². The van der Waals surface area contributed by atoms with Crippen molar-refractivity contribution >= 4 is 31.7 Å². The van der Waals surface area contributed by atoms with Crippen molar-refractivity contribution < 1.29 is 44.1 Å². The first kappa shape index (κ1) is 13.1. The molecule has 0 bridgehead atoms. The topological polar surface area (TPSA) is 67.3 Å². The third-order valence-corrected chi connectivity index (χ3v) is 3.55. The van der Waals surface area contributed by atoms with E-state index in [1.165, 1.54) is 23.5 Å². The summed E-state index contributed by atoms with van der Waals surface area (Å²) in [5, 5.41) is 0.868. The number of thiazole rings is 1. The summed E-state index contributed by atoms with van der Waals surface area (Å²) in [6.45, 7) is 1.85. The molecule has 2 rings (SSSR count). The van der Waals surface area contributed by atoms with Crippen LogP contribution in [0.4, 0.5) is 0 Å². The fraction of sp³-hybridized carbons (Fsp3) is 0.125. The van der Waals surface area contributed by atoms with Crippen LogP contribution in [0.1, 0.15) is 5.01 Å². The molecule has 0 radical (unpaired) electrons. The minimum Gasteiger partial charge on any atom is -0.282 e. The minimum atomic E-state index is -4.11. The maximum absolute atomic E-state index is 10.8. The van der Waals surface area contributed by atoms with Crippen LogP contribution in [0.15, 0.2) is 23.1 Å². The van der Waals surface area contributed by atoms with Gasteiger partial charge < -0.3 is 0 Å². The van der Waals surface area contributed by atoms with E-state index in [9.17, 15) is 8.42 Å². The molecule has 7 heteroatoms. The summed E-state index contributed by atoms with van der Waals surface area (Å²) in [5.74, 6) is 0. The Bertz CT molecular complexity index is 591. The Morgan fingerprint density at radius 1 is 1.40 bits per heavy atom. The van der Waals surface area contributed by atoms with Gasteiger partial charge in [0, 0.05) is 31.1 Å². The van der Waals surface area contributed by atoms with Gasteiger partial charge >= 0.3 is 0 Å². The van der Waals surface area contributed by atoms with Crippen molar-refractivity contribution in [2.75, 3.05) is 0 Å². The van der Waals surface area contributed by atoms with E-state index in [4.69, 9.17) is 4.55 Å². The van der Waals surface area contributed by atoms with Crippen LogP contribution in [-0.2, 0) is 10.1 Å². The number of rotatable bonds is 1. The van der Waals surface area contributed by atoms with Crippen LogP contribution in [0, 0.1) is 38.0 Å². The Kier molecular flexibility index (Phi) is 3.96. The predicted octanol–water partition coefficient (Wildman–Crippen LogP) is 1.85. The van der Waals surface area contributed by atoms with Crippen LogP contribution in [0.5, 0.6) is 0 Å². The normalized spacial score (nSPS) is 11.3. The summed E-state index contributed by atoms with van der Waals surface area (Å²) in [6.07, 6.45) is 0.